The number of benzene rings is 1. The number of hydrogen-bond donors (Lipinski definition) is 2. The lowest BCUT2D eigenvalue weighted by atomic mass is 9.69. The third-order valence-corrected chi connectivity index (χ3v) is 6.68. The van der Waals surface area contributed by atoms with Crippen molar-refractivity contribution in [3.63, 3.8) is 0 Å². The lowest BCUT2D eigenvalue weighted by molar-refractivity contribution is -0.0958. The Hall–Kier alpha value is -2.35. The van der Waals surface area contributed by atoms with Gasteiger partial charge < -0.3 is 25.0 Å². The van der Waals surface area contributed by atoms with Gasteiger partial charge in [0.1, 0.15) is 22.7 Å². The molecule has 0 aromatic heterocycles. The maximum Gasteiger partial charge on any atom is 0.407 e. The molecule has 1 aromatic carbocycles. The predicted molar refractivity (Wildman–Crippen MR) is 104 cm³/mol. The van der Waals surface area contributed by atoms with E-state index >= 15 is 0 Å². The van der Waals surface area contributed by atoms with Gasteiger partial charge in [0.15, 0.2) is 0 Å². The molecule has 3 fully saturated rings. The number of amides is 2. The van der Waals surface area contributed by atoms with Crippen LogP contribution in [0.3, 0.4) is 0 Å². The first-order chi connectivity index (χ1) is 14.0. The van der Waals surface area contributed by atoms with E-state index in [1.54, 1.807) is 11.0 Å². The van der Waals surface area contributed by atoms with Crippen molar-refractivity contribution in [2.75, 3.05) is 39.8 Å². The van der Waals surface area contributed by atoms with Crippen LogP contribution in [-0.4, -0.2) is 62.3 Å². The molecule has 3 aliphatic rings. The number of carbonyl (C=O) groups is 2. The van der Waals surface area contributed by atoms with Crippen LogP contribution in [0.25, 0.3) is 0 Å². The van der Waals surface area contributed by atoms with Crippen molar-refractivity contribution in [1.82, 2.24) is 15.5 Å². The van der Waals surface area contributed by atoms with Crippen LogP contribution in [0.2, 0.25) is 0 Å². The van der Waals surface area contributed by atoms with E-state index in [0.29, 0.717) is 25.6 Å². The van der Waals surface area contributed by atoms with Gasteiger partial charge in [-0.1, -0.05) is 6.07 Å². The minimum Gasteiger partial charge on any atom is -0.496 e. The van der Waals surface area contributed by atoms with Gasteiger partial charge in [-0.3, -0.25) is 4.79 Å². The van der Waals surface area contributed by atoms with Crippen molar-refractivity contribution in [2.24, 2.45) is 11.8 Å². The van der Waals surface area contributed by atoms with Gasteiger partial charge in [0.05, 0.1) is 7.11 Å². The molecular formula is C21H28FN3O4. The summed E-state index contributed by atoms with van der Waals surface area (Å²) in [5.41, 5.74) is -0.421. The molecule has 2 atom stereocenters. The lowest BCUT2D eigenvalue weighted by Crippen LogP contribution is -2.60. The van der Waals surface area contributed by atoms with Gasteiger partial charge in [0.25, 0.3) is 5.91 Å². The van der Waals surface area contributed by atoms with E-state index in [1.807, 2.05) is 0 Å². The lowest BCUT2D eigenvalue weighted by Gasteiger charge is -2.50. The Morgan fingerprint density at radius 2 is 2.03 bits per heavy atom. The average Bonchev–Trinajstić information content (AvgIpc) is 2.73. The number of likely N-dealkylation sites (tertiary alicyclic amines) is 1. The zero-order chi connectivity index (χ0) is 20.4. The largest absolute Gasteiger partial charge is 0.496 e. The van der Waals surface area contributed by atoms with Gasteiger partial charge >= 0.3 is 6.09 Å². The topological polar surface area (TPSA) is 79.9 Å². The van der Waals surface area contributed by atoms with Crippen molar-refractivity contribution in [3.8, 4) is 5.75 Å². The van der Waals surface area contributed by atoms with E-state index < -0.39 is 11.4 Å². The van der Waals surface area contributed by atoms with E-state index in [1.165, 1.54) is 19.2 Å². The fourth-order valence-corrected chi connectivity index (χ4v) is 5.16. The van der Waals surface area contributed by atoms with Crippen LogP contribution in [0.15, 0.2) is 18.2 Å². The maximum atomic E-state index is 14.3. The molecule has 0 radical (unpaired) electrons. The summed E-state index contributed by atoms with van der Waals surface area (Å²) in [6.45, 7) is 3.40. The predicted octanol–water partition coefficient (Wildman–Crippen LogP) is 2.16. The van der Waals surface area contributed by atoms with Gasteiger partial charge in [0.2, 0.25) is 0 Å². The molecule has 29 heavy (non-hydrogen) atoms. The Morgan fingerprint density at radius 1 is 1.28 bits per heavy atom. The zero-order valence-corrected chi connectivity index (χ0v) is 16.7. The van der Waals surface area contributed by atoms with Crippen molar-refractivity contribution < 1.29 is 23.5 Å². The van der Waals surface area contributed by atoms with E-state index in [4.69, 9.17) is 9.47 Å². The Morgan fingerprint density at radius 3 is 2.76 bits per heavy atom. The molecule has 2 amide bonds. The summed E-state index contributed by atoms with van der Waals surface area (Å²) in [7, 11) is 1.44. The second kappa shape index (κ2) is 8.18. The molecule has 0 bridgehead atoms. The quantitative estimate of drug-likeness (QED) is 0.806. The molecule has 0 saturated carbocycles. The van der Waals surface area contributed by atoms with E-state index in [-0.39, 0.29) is 29.2 Å². The van der Waals surface area contributed by atoms with Crippen LogP contribution < -0.4 is 15.4 Å². The van der Waals surface area contributed by atoms with E-state index in [9.17, 15) is 14.0 Å². The average molecular weight is 405 g/mol. The smallest absolute Gasteiger partial charge is 0.407 e. The molecule has 1 spiro atoms. The minimum absolute atomic E-state index is 0.00321. The van der Waals surface area contributed by atoms with Crippen LogP contribution in [0.5, 0.6) is 5.75 Å². The Bertz CT molecular complexity index is 777. The third-order valence-electron chi connectivity index (χ3n) is 6.68. The first kappa shape index (κ1) is 19.9. The summed E-state index contributed by atoms with van der Waals surface area (Å²) in [4.78, 5) is 26.5. The number of nitrogens with zero attached hydrogens (tertiary/aromatic N) is 1. The number of halogens is 1. The fraction of sp³-hybridized carbons (Fsp3) is 0.619. The highest BCUT2D eigenvalue weighted by Gasteiger charge is 2.49. The fourth-order valence-electron chi connectivity index (χ4n) is 5.16. The SMILES string of the molecule is COc1cccc(F)c1C(=O)N1CCC(C2CNCCC23CCNC(=O)O3)CC1. The summed E-state index contributed by atoms with van der Waals surface area (Å²) in [6, 6.07) is 4.42. The first-order valence-electron chi connectivity index (χ1n) is 10.3. The summed E-state index contributed by atoms with van der Waals surface area (Å²) in [5.74, 6) is -0.0614. The van der Waals surface area contributed by atoms with Crippen molar-refractivity contribution in [2.45, 2.75) is 31.3 Å². The highest BCUT2D eigenvalue weighted by Crippen LogP contribution is 2.42. The number of methoxy groups -OCH3 is 1. The number of alkyl carbamates (subject to hydrolysis) is 1. The minimum atomic E-state index is -0.562. The molecule has 3 aliphatic heterocycles. The molecular weight excluding hydrogens is 377 g/mol. The van der Waals surface area contributed by atoms with Crippen LogP contribution in [0, 0.1) is 17.7 Å². The number of nitrogens with one attached hydrogen (secondary N) is 2. The van der Waals surface area contributed by atoms with Crippen LogP contribution in [0.1, 0.15) is 36.0 Å². The van der Waals surface area contributed by atoms with Gasteiger partial charge in [-0.15, -0.1) is 0 Å². The standard InChI is InChI=1S/C21H28FN3O4/c1-28-17-4-2-3-16(22)18(17)19(26)25-11-5-14(6-12-25)15-13-23-9-7-21(15)8-10-24-20(27)29-21/h2-4,14-15,23H,5-13H2,1H3,(H,24,27). The number of piperidine rings is 2. The molecule has 2 N–H and O–H groups in total. The molecule has 1 aromatic rings. The second-order valence-electron chi connectivity index (χ2n) is 8.14. The van der Waals surface area contributed by atoms with Crippen LogP contribution >= 0.6 is 0 Å². The van der Waals surface area contributed by atoms with Gasteiger partial charge in [-0.25, -0.2) is 9.18 Å². The summed E-state index contributed by atoms with van der Waals surface area (Å²) in [5, 5.41) is 6.19. The third kappa shape index (κ3) is 3.77. The van der Waals surface area contributed by atoms with Crippen molar-refractivity contribution in [3.05, 3.63) is 29.6 Å². The highest BCUT2D eigenvalue weighted by molar-refractivity contribution is 5.97. The van der Waals surface area contributed by atoms with E-state index in [2.05, 4.69) is 10.6 Å². The molecule has 0 aliphatic carbocycles. The summed E-state index contributed by atoms with van der Waals surface area (Å²) >= 11 is 0. The molecule has 4 rings (SSSR count). The number of carbonyl (C=O) groups excluding carboxylic acids is 2. The monoisotopic (exact) mass is 405 g/mol. The summed E-state index contributed by atoms with van der Waals surface area (Å²) < 4.78 is 25.3. The number of ether oxygens (including phenoxy) is 2. The Kier molecular flexibility index (Phi) is 5.63. The number of hydrogen-bond acceptors (Lipinski definition) is 5. The molecule has 3 heterocycles. The van der Waals surface area contributed by atoms with Crippen molar-refractivity contribution in [1.29, 1.82) is 0 Å². The first-order valence-corrected chi connectivity index (χ1v) is 10.3. The normalized spacial score (nSPS) is 28.0. The molecule has 3 saturated heterocycles. The zero-order valence-electron chi connectivity index (χ0n) is 16.7. The molecule has 8 heteroatoms. The second-order valence-corrected chi connectivity index (χ2v) is 8.14. The van der Waals surface area contributed by atoms with Crippen LogP contribution in [0.4, 0.5) is 9.18 Å². The molecule has 7 nitrogen and oxygen atoms in total. The highest BCUT2D eigenvalue weighted by atomic mass is 19.1. The maximum absolute atomic E-state index is 14.3. The number of rotatable bonds is 3. The van der Waals surface area contributed by atoms with E-state index in [0.717, 1.165) is 38.8 Å². The van der Waals surface area contributed by atoms with Gasteiger partial charge in [-0.05, 0) is 37.4 Å². The summed E-state index contributed by atoms with van der Waals surface area (Å²) in [6.07, 6.45) is 2.92. The molecule has 2 unspecified atom stereocenters. The Labute approximate surface area is 169 Å². The van der Waals surface area contributed by atoms with Gasteiger partial charge in [-0.2, -0.15) is 0 Å². The Balaban J connectivity index is 1.45. The van der Waals surface area contributed by atoms with Gasteiger partial charge in [0, 0.05) is 44.9 Å². The molecule has 158 valence electrons. The van der Waals surface area contributed by atoms with Crippen LogP contribution in [-0.2, 0) is 4.74 Å². The van der Waals surface area contributed by atoms with Crippen molar-refractivity contribution >= 4 is 12.0 Å².